The maximum Gasteiger partial charge on any atom is 0.156 e. The lowest BCUT2D eigenvalue weighted by molar-refractivity contribution is 1.29. The highest BCUT2D eigenvalue weighted by molar-refractivity contribution is 6.32. The third kappa shape index (κ3) is 2.94. The Morgan fingerprint density at radius 2 is 1.19 bits per heavy atom. The number of hydrogen-bond acceptors (Lipinski definition) is 2. The number of nitrogens with zero attached hydrogens (tertiary/aromatic N) is 2. The van der Waals surface area contributed by atoms with E-state index in [4.69, 9.17) is 16.6 Å². The van der Waals surface area contributed by atoms with Gasteiger partial charge in [-0.25, -0.2) is 9.97 Å². The molecule has 0 spiro atoms. The van der Waals surface area contributed by atoms with Crippen LogP contribution in [0, 0.1) is 0 Å². The Morgan fingerprint density at radius 3 is 2.04 bits per heavy atom. The molecule has 3 heteroatoms. The number of halogens is 1. The summed E-state index contributed by atoms with van der Waals surface area (Å²) in [6, 6.07) is 30.9. The van der Waals surface area contributed by atoms with Crippen molar-refractivity contribution in [1.82, 2.24) is 9.97 Å². The molecule has 0 unspecified atom stereocenters. The molecule has 0 bridgehead atoms. The number of hydrogen-bond donors (Lipinski definition) is 0. The largest absolute Gasteiger partial charge is 0.243 e. The zero-order chi connectivity index (χ0) is 18.2. The molecule has 0 radical (unpaired) electrons. The molecule has 2 nitrogen and oxygen atoms in total. The fraction of sp³-hybridized carbons (Fsp3) is 0. The molecule has 1 heterocycles. The van der Waals surface area contributed by atoms with E-state index in [2.05, 4.69) is 59.6 Å². The van der Waals surface area contributed by atoms with Gasteiger partial charge in [0.05, 0.1) is 11.0 Å². The second-order valence-electron chi connectivity index (χ2n) is 6.49. The van der Waals surface area contributed by atoms with Crippen LogP contribution in [-0.2, 0) is 0 Å². The van der Waals surface area contributed by atoms with E-state index < -0.39 is 0 Å². The molecule has 27 heavy (non-hydrogen) atoms. The minimum atomic E-state index is 0.421. The predicted molar refractivity (Wildman–Crippen MR) is 113 cm³/mol. The van der Waals surface area contributed by atoms with Gasteiger partial charge in [0.1, 0.15) is 5.69 Å². The summed E-state index contributed by atoms with van der Waals surface area (Å²) < 4.78 is 0. The Balaban J connectivity index is 1.64. The predicted octanol–water partition coefficient (Wildman–Crippen LogP) is 6.77. The maximum atomic E-state index is 6.44. The van der Waals surface area contributed by atoms with Crippen LogP contribution in [0.4, 0.5) is 0 Å². The normalized spacial score (nSPS) is 11.1. The fourth-order valence-electron chi connectivity index (χ4n) is 3.38. The Hall–Kier alpha value is -3.23. The first-order chi connectivity index (χ1) is 13.3. The minimum absolute atomic E-state index is 0.421. The first-order valence-electron chi connectivity index (χ1n) is 8.80. The van der Waals surface area contributed by atoms with Gasteiger partial charge in [-0.05, 0) is 46.2 Å². The average molecular weight is 367 g/mol. The van der Waals surface area contributed by atoms with E-state index >= 15 is 0 Å². The maximum absolute atomic E-state index is 6.44. The van der Waals surface area contributed by atoms with Crippen LogP contribution in [0.1, 0.15) is 0 Å². The van der Waals surface area contributed by atoms with Crippen molar-refractivity contribution >= 4 is 33.4 Å². The molecular formula is C24H15ClN2. The number of fused-ring (bicyclic) bond motifs is 2. The molecule has 0 saturated heterocycles. The van der Waals surface area contributed by atoms with Gasteiger partial charge in [-0.2, -0.15) is 0 Å². The van der Waals surface area contributed by atoms with Crippen LogP contribution >= 0.6 is 11.6 Å². The molecule has 4 aromatic carbocycles. The molecule has 5 rings (SSSR count). The summed E-state index contributed by atoms with van der Waals surface area (Å²) in [7, 11) is 0. The van der Waals surface area contributed by atoms with Crippen LogP contribution in [0.3, 0.4) is 0 Å². The van der Waals surface area contributed by atoms with Crippen molar-refractivity contribution in [3.63, 3.8) is 0 Å². The van der Waals surface area contributed by atoms with Crippen molar-refractivity contribution in [1.29, 1.82) is 0 Å². The standard InChI is InChI=1S/C24H15ClN2/c25-24-23(26-21-10-3-4-11-22(21)27-24)20-9-5-8-18(15-20)19-13-12-16-6-1-2-7-17(16)14-19/h1-15H. The van der Waals surface area contributed by atoms with Crippen LogP contribution in [0.15, 0.2) is 91.0 Å². The van der Waals surface area contributed by atoms with Gasteiger partial charge in [-0.15, -0.1) is 0 Å². The molecule has 0 fully saturated rings. The molecule has 0 aliphatic carbocycles. The number of rotatable bonds is 2. The molecule has 0 aliphatic rings. The van der Waals surface area contributed by atoms with Crippen molar-refractivity contribution in [3.8, 4) is 22.4 Å². The van der Waals surface area contributed by atoms with Gasteiger partial charge < -0.3 is 0 Å². The monoisotopic (exact) mass is 366 g/mol. The summed E-state index contributed by atoms with van der Waals surface area (Å²) in [5.74, 6) is 0. The van der Waals surface area contributed by atoms with Gasteiger partial charge in [-0.1, -0.05) is 78.3 Å². The Kier molecular flexibility index (Phi) is 3.84. The highest BCUT2D eigenvalue weighted by Gasteiger charge is 2.10. The number of benzene rings is 4. The lowest BCUT2D eigenvalue weighted by Crippen LogP contribution is -1.91. The summed E-state index contributed by atoms with van der Waals surface area (Å²) in [6.45, 7) is 0. The second-order valence-corrected chi connectivity index (χ2v) is 6.85. The van der Waals surface area contributed by atoms with Gasteiger partial charge in [-0.3, -0.25) is 0 Å². The lowest BCUT2D eigenvalue weighted by atomic mass is 9.99. The molecule has 0 aliphatic heterocycles. The van der Waals surface area contributed by atoms with E-state index in [1.54, 1.807) is 0 Å². The molecule has 0 amide bonds. The molecular weight excluding hydrogens is 352 g/mol. The van der Waals surface area contributed by atoms with E-state index in [1.165, 1.54) is 16.3 Å². The highest BCUT2D eigenvalue weighted by Crippen LogP contribution is 2.31. The van der Waals surface area contributed by atoms with Gasteiger partial charge >= 0.3 is 0 Å². The zero-order valence-electron chi connectivity index (χ0n) is 14.4. The van der Waals surface area contributed by atoms with E-state index in [9.17, 15) is 0 Å². The van der Waals surface area contributed by atoms with E-state index in [0.717, 1.165) is 22.2 Å². The van der Waals surface area contributed by atoms with E-state index in [1.807, 2.05) is 36.4 Å². The topological polar surface area (TPSA) is 25.8 Å². The van der Waals surface area contributed by atoms with Crippen molar-refractivity contribution < 1.29 is 0 Å². The van der Waals surface area contributed by atoms with Crippen LogP contribution in [0.25, 0.3) is 44.2 Å². The average Bonchev–Trinajstić information content (AvgIpc) is 2.73. The quantitative estimate of drug-likeness (QED) is 0.344. The second kappa shape index (κ2) is 6.49. The van der Waals surface area contributed by atoms with Crippen LogP contribution in [0.2, 0.25) is 5.15 Å². The van der Waals surface area contributed by atoms with Crippen LogP contribution in [-0.4, -0.2) is 9.97 Å². The van der Waals surface area contributed by atoms with Gasteiger partial charge in [0, 0.05) is 5.56 Å². The van der Waals surface area contributed by atoms with E-state index in [0.29, 0.717) is 10.8 Å². The SMILES string of the molecule is Clc1nc2ccccc2nc1-c1cccc(-c2ccc3ccccc3c2)c1. The first-order valence-corrected chi connectivity index (χ1v) is 9.18. The highest BCUT2D eigenvalue weighted by atomic mass is 35.5. The summed E-state index contributed by atoms with van der Waals surface area (Å²) in [5, 5.41) is 2.88. The third-order valence-electron chi connectivity index (χ3n) is 4.75. The molecule has 128 valence electrons. The fourth-order valence-corrected chi connectivity index (χ4v) is 3.62. The Bertz CT molecular complexity index is 1290. The van der Waals surface area contributed by atoms with Crippen molar-refractivity contribution in [2.45, 2.75) is 0 Å². The molecule has 5 aromatic rings. The minimum Gasteiger partial charge on any atom is -0.243 e. The molecule has 0 atom stereocenters. The zero-order valence-corrected chi connectivity index (χ0v) is 15.2. The van der Waals surface area contributed by atoms with E-state index in [-0.39, 0.29) is 0 Å². The molecule has 1 aromatic heterocycles. The van der Waals surface area contributed by atoms with Gasteiger partial charge in [0.2, 0.25) is 0 Å². The van der Waals surface area contributed by atoms with Gasteiger partial charge in [0.15, 0.2) is 5.15 Å². The van der Waals surface area contributed by atoms with Crippen LogP contribution in [0.5, 0.6) is 0 Å². The molecule has 0 N–H and O–H groups in total. The summed E-state index contributed by atoms with van der Waals surface area (Å²) in [4.78, 5) is 9.23. The van der Waals surface area contributed by atoms with Crippen molar-refractivity contribution in [3.05, 3.63) is 96.1 Å². The van der Waals surface area contributed by atoms with Gasteiger partial charge in [0.25, 0.3) is 0 Å². The summed E-state index contributed by atoms with van der Waals surface area (Å²) in [6.07, 6.45) is 0. The third-order valence-corrected chi connectivity index (χ3v) is 5.01. The Morgan fingerprint density at radius 1 is 0.519 bits per heavy atom. The van der Waals surface area contributed by atoms with Crippen molar-refractivity contribution in [2.24, 2.45) is 0 Å². The smallest absolute Gasteiger partial charge is 0.156 e. The lowest BCUT2D eigenvalue weighted by Gasteiger charge is -2.09. The summed E-state index contributed by atoms with van der Waals surface area (Å²) >= 11 is 6.44. The Labute approximate surface area is 162 Å². The van der Waals surface area contributed by atoms with Crippen molar-refractivity contribution in [2.75, 3.05) is 0 Å². The molecule has 0 saturated carbocycles. The number of aromatic nitrogens is 2. The first kappa shape index (κ1) is 16.0. The van der Waals surface area contributed by atoms with Crippen LogP contribution < -0.4 is 0 Å². The number of para-hydroxylation sites is 2. The summed E-state index contributed by atoms with van der Waals surface area (Å²) in [5.41, 5.74) is 5.61.